The van der Waals surface area contributed by atoms with E-state index in [1.54, 1.807) is 7.11 Å². The Morgan fingerprint density at radius 3 is 2.71 bits per heavy atom. The number of hydrogen-bond donors (Lipinski definition) is 0. The van der Waals surface area contributed by atoms with Crippen LogP contribution >= 0.6 is 11.8 Å². The molecule has 0 N–H and O–H groups in total. The molecule has 0 saturated carbocycles. The fraction of sp³-hybridized carbons (Fsp3) is 0.524. The van der Waals surface area contributed by atoms with Crippen LogP contribution in [-0.2, 0) is 9.53 Å². The van der Waals surface area contributed by atoms with Gasteiger partial charge in [-0.15, -0.1) is 0 Å². The van der Waals surface area contributed by atoms with Gasteiger partial charge in [0.1, 0.15) is 0 Å². The highest BCUT2D eigenvalue weighted by molar-refractivity contribution is 8.18. The van der Waals surface area contributed by atoms with Gasteiger partial charge in [0.2, 0.25) is 0 Å². The first kappa shape index (κ1) is 20.7. The number of benzene rings is 1. The number of methoxy groups -OCH3 is 1. The summed E-state index contributed by atoms with van der Waals surface area (Å²) < 4.78 is 17.0. The van der Waals surface area contributed by atoms with Crippen molar-refractivity contribution in [3.05, 3.63) is 28.7 Å². The molecule has 152 valence electrons. The Bertz CT molecular complexity index is 768. The SMILES string of the molecule is CCCCOc1ccc(/C=C2/SC(N3C[C@H](C)O[C@@H](C)C3)=NC2=O)cc1OC. The first-order chi connectivity index (χ1) is 13.5. The van der Waals surface area contributed by atoms with E-state index in [0.29, 0.717) is 17.3 Å². The summed E-state index contributed by atoms with van der Waals surface area (Å²) in [6, 6.07) is 5.71. The van der Waals surface area contributed by atoms with Gasteiger partial charge >= 0.3 is 0 Å². The molecule has 0 bridgehead atoms. The van der Waals surface area contributed by atoms with Gasteiger partial charge in [0.15, 0.2) is 16.7 Å². The lowest BCUT2D eigenvalue weighted by Crippen LogP contribution is -2.47. The van der Waals surface area contributed by atoms with Crippen molar-refractivity contribution < 1.29 is 19.0 Å². The van der Waals surface area contributed by atoms with E-state index < -0.39 is 0 Å². The summed E-state index contributed by atoms with van der Waals surface area (Å²) in [6.07, 6.45) is 4.18. The third kappa shape index (κ3) is 5.08. The zero-order chi connectivity index (χ0) is 20.1. The summed E-state index contributed by atoms with van der Waals surface area (Å²) in [7, 11) is 1.62. The molecule has 1 aromatic carbocycles. The van der Waals surface area contributed by atoms with Crippen molar-refractivity contribution in [1.29, 1.82) is 0 Å². The number of carbonyl (C=O) groups excluding carboxylic acids is 1. The maximum Gasteiger partial charge on any atom is 0.286 e. The Labute approximate surface area is 170 Å². The number of carbonyl (C=O) groups is 1. The maximum atomic E-state index is 12.4. The minimum Gasteiger partial charge on any atom is -0.493 e. The second-order valence-electron chi connectivity index (χ2n) is 7.08. The fourth-order valence-corrected chi connectivity index (χ4v) is 4.17. The highest BCUT2D eigenvalue weighted by atomic mass is 32.2. The Morgan fingerprint density at radius 1 is 1.29 bits per heavy atom. The fourth-order valence-electron chi connectivity index (χ4n) is 3.24. The zero-order valence-electron chi connectivity index (χ0n) is 16.9. The minimum atomic E-state index is -0.200. The summed E-state index contributed by atoms with van der Waals surface area (Å²) in [4.78, 5) is 19.4. The molecule has 1 amide bonds. The van der Waals surface area contributed by atoms with Crippen molar-refractivity contribution in [2.24, 2.45) is 4.99 Å². The van der Waals surface area contributed by atoms with Crippen LogP contribution in [0.1, 0.15) is 39.2 Å². The molecule has 28 heavy (non-hydrogen) atoms. The number of aliphatic imine (C=N–C) groups is 1. The molecule has 0 spiro atoms. The lowest BCUT2D eigenvalue weighted by Gasteiger charge is -2.35. The van der Waals surface area contributed by atoms with Crippen LogP contribution < -0.4 is 9.47 Å². The van der Waals surface area contributed by atoms with Crippen LogP contribution in [0, 0.1) is 0 Å². The van der Waals surface area contributed by atoms with Gasteiger partial charge in [0.25, 0.3) is 5.91 Å². The van der Waals surface area contributed by atoms with Gasteiger partial charge in [-0.25, -0.2) is 0 Å². The Kier molecular flexibility index (Phi) is 7.02. The van der Waals surface area contributed by atoms with Crippen molar-refractivity contribution in [2.45, 2.75) is 45.8 Å². The number of amides is 1. The van der Waals surface area contributed by atoms with Gasteiger partial charge in [-0.05, 0) is 55.8 Å². The van der Waals surface area contributed by atoms with Gasteiger partial charge in [0.05, 0.1) is 30.8 Å². The van der Waals surface area contributed by atoms with Crippen LogP contribution in [0.3, 0.4) is 0 Å². The third-order valence-electron chi connectivity index (χ3n) is 4.54. The average molecular weight is 405 g/mol. The summed E-state index contributed by atoms with van der Waals surface area (Å²) in [5.41, 5.74) is 0.885. The number of ether oxygens (including phenoxy) is 3. The van der Waals surface area contributed by atoms with Crippen molar-refractivity contribution in [3.8, 4) is 11.5 Å². The third-order valence-corrected chi connectivity index (χ3v) is 5.58. The highest BCUT2D eigenvalue weighted by Crippen LogP contribution is 2.34. The maximum absolute atomic E-state index is 12.4. The summed E-state index contributed by atoms with van der Waals surface area (Å²) in [5.74, 6) is 1.18. The zero-order valence-corrected chi connectivity index (χ0v) is 17.8. The smallest absolute Gasteiger partial charge is 0.286 e. The van der Waals surface area contributed by atoms with Crippen molar-refractivity contribution in [1.82, 2.24) is 4.90 Å². The number of hydrogen-bond acceptors (Lipinski definition) is 6. The number of amidine groups is 1. The first-order valence-electron chi connectivity index (χ1n) is 9.74. The molecule has 0 aromatic heterocycles. The molecule has 2 heterocycles. The summed E-state index contributed by atoms with van der Waals surface area (Å²) in [6.45, 7) is 8.36. The lowest BCUT2D eigenvalue weighted by molar-refractivity contribution is -0.113. The summed E-state index contributed by atoms with van der Waals surface area (Å²) in [5, 5.41) is 0.754. The Hall–Kier alpha value is -1.99. The molecule has 1 aromatic rings. The molecule has 1 fully saturated rings. The molecule has 2 atom stereocenters. The molecule has 1 saturated heterocycles. The topological polar surface area (TPSA) is 60.4 Å². The van der Waals surface area contributed by atoms with E-state index in [-0.39, 0.29) is 18.1 Å². The number of morpholine rings is 1. The van der Waals surface area contributed by atoms with Gasteiger partial charge in [-0.1, -0.05) is 19.4 Å². The van der Waals surface area contributed by atoms with E-state index in [4.69, 9.17) is 14.2 Å². The molecule has 3 rings (SSSR count). The van der Waals surface area contributed by atoms with E-state index >= 15 is 0 Å². The molecular formula is C21H28N2O4S. The number of thioether (sulfide) groups is 1. The van der Waals surface area contributed by atoms with E-state index in [1.807, 2.05) is 38.1 Å². The van der Waals surface area contributed by atoms with Crippen molar-refractivity contribution in [3.63, 3.8) is 0 Å². The van der Waals surface area contributed by atoms with E-state index in [1.165, 1.54) is 11.8 Å². The highest BCUT2D eigenvalue weighted by Gasteiger charge is 2.31. The van der Waals surface area contributed by atoms with Gasteiger partial charge in [-0.2, -0.15) is 4.99 Å². The molecule has 2 aliphatic heterocycles. The number of nitrogens with zero attached hydrogens (tertiary/aromatic N) is 2. The largest absolute Gasteiger partial charge is 0.493 e. The van der Waals surface area contributed by atoms with Gasteiger partial charge in [-0.3, -0.25) is 4.79 Å². The van der Waals surface area contributed by atoms with E-state index in [0.717, 1.165) is 42.4 Å². The monoisotopic (exact) mass is 404 g/mol. The number of unbranched alkanes of at least 4 members (excludes halogenated alkanes) is 1. The normalized spacial score (nSPS) is 23.9. The standard InChI is InChI=1S/C21H28N2O4S/c1-5-6-9-26-17-8-7-16(10-18(17)25-4)11-19-20(24)22-21(28-19)23-12-14(2)27-15(3)13-23/h7-8,10-11,14-15H,5-6,9,12-13H2,1-4H3/b19-11+/t14-,15-/m0/s1. The molecular weight excluding hydrogens is 376 g/mol. The van der Waals surface area contributed by atoms with Crippen LogP contribution in [0.4, 0.5) is 0 Å². The van der Waals surface area contributed by atoms with Crippen molar-refractivity contribution >= 4 is 28.9 Å². The molecule has 2 aliphatic rings. The van der Waals surface area contributed by atoms with Crippen molar-refractivity contribution in [2.75, 3.05) is 26.8 Å². The lowest BCUT2D eigenvalue weighted by atomic mass is 10.2. The van der Waals surface area contributed by atoms with Crippen LogP contribution in [0.2, 0.25) is 0 Å². The molecule has 0 unspecified atom stereocenters. The van der Waals surface area contributed by atoms with Crippen LogP contribution in [0.15, 0.2) is 28.1 Å². The molecule has 0 radical (unpaired) electrons. The number of rotatable bonds is 6. The van der Waals surface area contributed by atoms with Gasteiger partial charge in [0, 0.05) is 13.1 Å². The second-order valence-corrected chi connectivity index (χ2v) is 8.09. The quantitative estimate of drug-likeness (QED) is 0.528. The molecule has 6 nitrogen and oxygen atoms in total. The predicted molar refractivity (Wildman–Crippen MR) is 113 cm³/mol. The van der Waals surface area contributed by atoms with E-state index in [2.05, 4.69) is 16.8 Å². The van der Waals surface area contributed by atoms with Gasteiger partial charge < -0.3 is 19.1 Å². The minimum absolute atomic E-state index is 0.125. The van der Waals surface area contributed by atoms with Crippen LogP contribution in [-0.4, -0.2) is 55.0 Å². The van der Waals surface area contributed by atoms with Crippen LogP contribution in [0.5, 0.6) is 11.5 Å². The Morgan fingerprint density at radius 2 is 2.04 bits per heavy atom. The summed E-state index contributed by atoms with van der Waals surface area (Å²) >= 11 is 1.42. The second kappa shape index (κ2) is 9.47. The first-order valence-corrected chi connectivity index (χ1v) is 10.6. The van der Waals surface area contributed by atoms with E-state index in [9.17, 15) is 4.79 Å². The average Bonchev–Trinajstić information content (AvgIpc) is 3.02. The predicted octanol–water partition coefficient (Wildman–Crippen LogP) is 3.95. The molecule has 7 heteroatoms. The Balaban J connectivity index is 1.71. The van der Waals surface area contributed by atoms with Crippen LogP contribution in [0.25, 0.3) is 6.08 Å². The molecule has 0 aliphatic carbocycles.